The largest absolute Gasteiger partial charge is 0.478 e. The summed E-state index contributed by atoms with van der Waals surface area (Å²) >= 11 is 0. The van der Waals surface area contributed by atoms with Gasteiger partial charge in [-0.1, -0.05) is 0 Å². The molecule has 17 heavy (non-hydrogen) atoms. The maximum atomic E-state index is 10.3. The average Bonchev–Trinajstić information content (AvgIpc) is 2.81. The molecule has 5 heteroatoms. The van der Waals surface area contributed by atoms with Crippen LogP contribution in [0.2, 0.25) is 0 Å². The highest BCUT2D eigenvalue weighted by Crippen LogP contribution is 2.15. The van der Waals surface area contributed by atoms with Crippen LogP contribution < -0.4 is 4.74 Å². The van der Waals surface area contributed by atoms with Gasteiger partial charge < -0.3 is 14.6 Å². The van der Waals surface area contributed by atoms with Gasteiger partial charge in [0, 0.05) is 24.8 Å². The number of aromatic nitrogens is 1. The second-order valence-electron chi connectivity index (χ2n) is 3.70. The maximum Gasteiger partial charge on any atom is 0.328 e. The Morgan fingerprint density at radius 2 is 2.47 bits per heavy atom. The van der Waals surface area contributed by atoms with Crippen molar-refractivity contribution in [1.82, 2.24) is 4.98 Å². The van der Waals surface area contributed by atoms with Crippen LogP contribution in [-0.4, -0.2) is 35.4 Å². The highest BCUT2D eigenvalue weighted by molar-refractivity contribution is 5.85. The Labute approximate surface area is 98.7 Å². The summed E-state index contributed by atoms with van der Waals surface area (Å²) in [5, 5.41) is 8.47. The fraction of sp³-hybridized carbons (Fsp3) is 0.333. The summed E-state index contributed by atoms with van der Waals surface area (Å²) < 4.78 is 10.8. The minimum Gasteiger partial charge on any atom is -0.478 e. The zero-order valence-electron chi connectivity index (χ0n) is 9.20. The van der Waals surface area contributed by atoms with Crippen molar-refractivity contribution in [2.75, 3.05) is 13.2 Å². The summed E-state index contributed by atoms with van der Waals surface area (Å²) in [5.74, 6) is -0.443. The average molecular weight is 235 g/mol. The molecule has 1 saturated heterocycles. The van der Waals surface area contributed by atoms with Gasteiger partial charge in [0.1, 0.15) is 6.10 Å². The number of carboxylic acid groups (broad SMARTS) is 1. The molecule has 1 aliphatic rings. The molecule has 0 aromatic carbocycles. The fourth-order valence-electron chi connectivity index (χ4n) is 1.50. The summed E-state index contributed by atoms with van der Waals surface area (Å²) in [6.45, 7) is 1.33. The summed E-state index contributed by atoms with van der Waals surface area (Å²) in [7, 11) is 0. The van der Waals surface area contributed by atoms with Crippen molar-refractivity contribution >= 4 is 12.0 Å². The Hall–Kier alpha value is -1.88. The van der Waals surface area contributed by atoms with Gasteiger partial charge in [0.15, 0.2) is 0 Å². The lowest BCUT2D eigenvalue weighted by Crippen LogP contribution is -2.16. The Bertz CT molecular complexity index is 407. The fourth-order valence-corrected chi connectivity index (χ4v) is 1.50. The molecule has 0 bridgehead atoms. The summed E-state index contributed by atoms with van der Waals surface area (Å²) in [6, 6.07) is 3.48. The monoisotopic (exact) mass is 235 g/mol. The van der Waals surface area contributed by atoms with E-state index in [1.54, 1.807) is 18.3 Å². The van der Waals surface area contributed by atoms with Crippen LogP contribution in [0, 0.1) is 0 Å². The van der Waals surface area contributed by atoms with Crippen LogP contribution in [0.5, 0.6) is 5.88 Å². The van der Waals surface area contributed by atoms with Gasteiger partial charge in [0.25, 0.3) is 0 Å². The number of rotatable bonds is 4. The van der Waals surface area contributed by atoms with Crippen LogP contribution in [0.15, 0.2) is 24.4 Å². The Morgan fingerprint density at radius 1 is 1.59 bits per heavy atom. The number of aliphatic carboxylic acids is 1. The van der Waals surface area contributed by atoms with Gasteiger partial charge in [-0.05, 0) is 17.7 Å². The van der Waals surface area contributed by atoms with Crippen LogP contribution in [0.4, 0.5) is 0 Å². The van der Waals surface area contributed by atoms with Gasteiger partial charge >= 0.3 is 5.97 Å². The third kappa shape index (κ3) is 3.57. The lowest BCUT2D eigenvalue weighted by Gasteiger charge is -2.10. The third-order valence-electron chi connectivity index (χ3n) is 2.35. The number of ether oxygens (including phenoxy) is 2. The molecule has 2 heterocycles. The maximum absolute atomic E-state index is 10.3. The van der Waals surface area contributed by atoms with E-state index in [0.29, 0.717) is 12.5 Å². The Balaban J connectivity index is 1.95. The first-order valence-electron chi connectivity index (χ1n) is 5.35. The van der Waals surface area contributed by atoms with Crippen molar-refractivity contribution < 1.29 is 19.4 Å². The van der Waals surface area contributed by atoms with E-state index in [1.807, 2.05) is 0 Å². The molecule has 1 atom stereocenters. The van der Waals surface area contributed by atoms with Gasteiger partial charge in [-0.2, -0.15) is 0 Å². The smallest absolute Gasteiger partial charge is 0.328 e. The van der Waals surface area contributed by atoms with Gasteiger partial charge in [0.2, 0.25) is 5.88 Å². The molecule has 0 aliphatic carbocycles. The number of hydrogen-bond donors (Lipinski definition) is 1. The van der Waals surface area contributed by atoms with E-state index in [-0.39, 0.29) is 6.10 Å². The van der Waals surface area contributed by atoms with Crippen molar-refractivity contribution in [3.05, 3.63) is 30.0 Å². The molecule has 0 amide bonds. The molecule has 1 aliphatic heterocycles. The van der Waals surface area contributed by atoms with Crippen LogP contribution in [-0.2, 0) is 9.53 Å². The Kier molecular flexibility index (Phi) is 3.72. The Morgan fingerprint density at radius 3 is 3.06 bits per heavy atom. The molecular weight excluding hydrogens is 222 g/mol. The molecule has 2 rings (SSSR count). The van der Waals surface area contributed by atoms with Gasteiger partial charge in [-0.15, -0.1) is 0 Å². The number of carbonyl (C=O) groups is 1. The topological polar surface area (TPSA) is 68.7 Å². The normalized spacial score (nSPS) is 19.6. The molecule has 1 fully saturated rings. The number of hydrogen-bond acceptors (Lipinski definition) is 4. The van der Waals surface area contributed by atoms with Gasteiger partial charge in [0.05, 0.1) is 13.2 Å². The van der Waals surface area contributed by atoms with Crippen molar-refractivity contribution in [3.8, 4) is 5.88 Å². The molecule has 5 nitrogen and oxygen atoms in total. The van der Waals surface area contributed by atoms with Gasteiger partial charge in [-0.3, -0.25) is 0 Å². The van der Waals surface area contributed by atoms with Crippen LogP contribution in [0.25, 0.3) is 6.08 Å². The quantitative estimate of drug-likeness (QED) is 0.798. The first-order valence-corrected chi connectivity index (χ1v) is 5.35. The highest BCUT2D eigenvalue weighted by Gasteiger charge is 2.17. The van der Waals surface area contributed by atoms with Crippen molar-refractivity contribution in [1.29, 1.82) is 0 Å². The molecular formula is C12H13NO4. The lowest BCUT2D eigenvalue weighted by atomic mass is 10.2. The van der Waals surface area contributed by atoms with E-state index in [0.717, 1.165) is 24.7 Å². The molecule has 0 spiro atoms. The third-order valence-corrected chi connectivity index (χ3v) is 2.35. The summed E-state index contributed by atoms with van der Waals surface area (Å²) in [4.78, 5) is 14.4. The summed E-state index contributed by atoms with van der Waals surface area (Å²) in [6.07, 6.45) is 5.08. The van der Waals surface area contributed by atoms with E-state index in [4.69, 9.17) is 14.6 Å². The predicted molar refractivity (Wildman–Crippen MR) is 60.8 cm³/mol. The summed E-state index contributed by atoms with van der Waals surface area (Å²) in [5.41, 5.74) is 0.724. The molecule has 90 valence electrons. The van der Waals surface area contributed by atoms with Crippen LogP contribution in [0.1, 0.15) is 12.0 Å². The van der Waals surface area contributed by atoms with E-state index in [2.05, 4.69) is 4.98 Å². The molecule has 0 saturated carbocycles. The number of pyridine rings is 1. The van der Waals surface area contributed by atoms with Crippen LogP contribution in [0.3, 0.4) is 0 Å². The van der Waals surface area contributed by atoms with Gasteiger partial charge in [-0.25, -0.2) is 9.78 Å². The molecule has 1 aromatic rings. The van der Waals surface area contributed by atoms with Crippen LogP contribution >= 0.6 is 0 Å². The minimum absolute atomic E-state index is 0.0721. The molecule has 1 aromatic heterocycles. The zero-order valence-corrected chi connectivity index (χ0v) is 9.20. The first-order chi connectivity index (χ1) is 8.24. The predicted octanol–water partition coefficient (Wildman–Crippen LogP) is 1.35. The second-order valence-corrected chi connectivity index (χ2v) is 3.70. The molecule has 1 unspecified atom stereocenters. The van der Waals surface area contributed by atoms with E-state index in [1.165, 1.54) is 6.08 Å². The minimum atomic E-state index is -0.978. The zero-order chi connectivity index (χ0) is 12.1. The second kappa shape index (κ2) is 5.45. The van der Waals surface area contributed by atoms with Crippen molar-refractivity contribution in [2.45, 2.75) is 12.5 Å². The van der Waals surface area contributed by atoms with E-state index < -0.39 is 5.97 Å². The lowest BCUT2D eigenvalue weighted by molar-refractivity contribution is -0.131. The van der Waals surface area contributed by atoms with Crippen molar-refractivity contribution in [2.24, 2.45) is 0 Å². The highest BCUT2D eigenvalue weighted by atomic mass is 16.5. The molecule has 0 radical (unpaired) electrons. The molecule has 1 N–H and O–H groups in total. The standard InChI is InChI=1S/C12H13NO4/c14-12(15)4-2-9-1-3-11(13-7-9)17-10-5-6-16-8-10/h1-4,7,10H,5-6,8H2,(H,14,15). The van der Waals surface area contributed by atoms with Crippen molar-refractivity contribution in [3.63, 3.8) is 0 Å². The van der Waals surface area contributed by atoms with E-state index in [9.17, 15) is 4.79 Å². The number of carboxylic acids is 1. The van der Waals surface area contributed by atoms with E-state index >= 15 is 0 Å². The first kappa shape index (κ1) is 11.6. The SMILES string of the molecule is O=C(O)C=Cc1ccc(OC2CCOC2)nc1. The number of nitrogens with zero attached hydrogens (tertiary/aromatic N) is 1.